The van der Waals surface area contributed by atoms with Crippen molar-refractivity contribution in [1.29, 1.82) is 0 Å². The topological polar surface area (TPSA) is 67.1 Å². The number of nitrogens with zero attached hydrogens (tertiary/aromatic N) is 3. The van der Waals surface area contributed by atoms with Gasteiger partial charge in [0.05, 0.1) is 0 Å². The molecule has 100 valence electrons. The van der Waals surface area contributed by atoms with Crippen molar-refractivity contribution < 1.29 is 0 Å². The van der Waals surface area contributed by atoms with Crippen LogP contribution in [-0.2, 0) is 13.0 Å². The highest BCUT2D eigenvalue weighted by Gasteiger charge is 2.08. The maximum absolute atomic E-state index is 5.44. The fourth-order valence-electron chi connectivity index (χ4n) is 1.84. The molecule has 0 saturated carbocycles. The van der Waals surface area contributed by atoms with Crippen LogP contribution in [0, 0.1) is 0 Å². The average molecular weight is 257 g/mol. The first kappa shape index (κ1) is 13.3. The monoisotopic (exact) mass is 257 g/mol. The molecule has 1 aromatic heterocycles. The minimum Gasteiger partial charge on any atom is -0.339 e. The number of aryl methyl sites for hydroxylation is 1. The molecule has 5 heteroatoms. The molecule has 0 radical (unpaired) electrons. The van der Waals surface area contributed by atoms with E-state index in [0.29, 0.717) is 11.8 Å². The molecule has 2 rings (SSSR count). The molecule has 1 heterocycles. The molecule has 2 aromatic rings. The molecule has 0 saturated heterocycles. The van der Waals surface area contributed by atoms with Gasteiger partial charge < -0.3 is 10.3 Å². The lowest BCUT2D eigenvalue weighted by atomic mass is 10.2. The third-order valence-electron chi connectivity index (χ3n) is 2.88. The van der Waals surface area contributed by atoms with E-state index in [9.17, 15) is 0 Å². The van der Waals surface area contributed by atoms with E-state index >= 15 is 0 Å². The minimum atomic E-state index is 0.641. The van der Waals surface area contributed by atoms with Gasteiger partial charge in [-0.25, -0.2) is 10.8 Å². The number of aromatic nitrogens is 2. The number of rotatable bonds is 5. The normalized spacial score (nSPS) is 10.3. The zero-order valence-corrected chi connectivity index (χ0v) is 11.3. The maximum Gasteiger partial charge on any atom is 0.227 e. The molecule has 0 aliphatic heterocycles. The molecule has 0 atom stereocenters. The lowest BCUT2D eigenvalue weighted by Crippen LogP contribution is -2.21. The predicted molar refractivity (Wildman–Crippen MR) is 77.8 cm³/mol. The predicted octanol–water partition coefficient (Wildman–Crippen LogP) is 1.96. The first-order chi connectivity index (χ1) is 9.22. The van der Waals surface area contributed by atoms with Gasteiger partial charge in [0.25, 0.3) is 0 Å². The molecular weight excluding hydrogens is 238 g/mol. The van der Waals surface area contributed by atoms with Gasteiger partial charge in [0.15, 0.2) is 0 Å². The Bertz CT molecular complexity index is 504. The Kier molecular flexibility index (Phi) is 4.30. The zero-order valence-electron chi connectivity index (χ0n) is 11.3. The summed E-state index contributed by atoms with van der Waals surface area (Å²) in [5, 5.41) is 0. The van der Waals surface area contributed by atoms with E-state index in [1.54, 1.807) is 0 Å². The third-order valence-corrected chi connectivity index (χ3v) is 2.88. The molecule has 3 N–H and O–H groups in total. The van der Waals surface area contributed by atoms with Crippen LogP contribution < -0.4 is 16.2 Å². The Hall–Kier alpha value is -2.14. The van der Waals surface area contributed by atoms with Crippen LogP contribution in [0.2, 0.25) is 0 Å². The number of hydrazine groups is 1. The zero-order chi connectivity index (χ0) is 13.7. The van der Waals surface area contributed by atoms with Gasteiger partial charge in [-0.1, -0.05) is 37.3 Å². The SMILES string of the molecule is CCc1cc(NN)nc(N(C)Cc2ccccc2)n1. The lowest BCUT2D eigenvalue weighted by molar-refractivity contribution is 0.850. The molecule has 5 nitrogen and oxygen atoms in total. The molecule has 19 heavy (non-hydrogen) atoms. The molecule has 1 aromatic carbocycles. The van der Waals surface area contributed by atoms with E-state index in [1.807, 2.05) is 36.2 Å². The molecular formula is C14H19N5. The number of hydrogen-bond acceptors (Lipinski definition) is 5. The molecule has 0 fully saturated rings. The minimum absolute atomic E-state index is 0.641. The number of nitrogen functional groups attached to an aromatic ring is 1. The molecule has 0 aliphatic rings. The van der Waals surface area contributed by atoms with E-state index in [0.717, 1.165) is 18.7 Å². The Labute approximate surface area is 113 Å². The Morgan fingerprint density at radius 2 is 1.95 bits per heavy atom. The van der Waals surface area contributed by atoms with Gasteiger partial charge in [-0.2, -0.15) is 4.98 Å². The van der Waals surface area contributed by atoms with Crippen LogP contribution in [0.4, 0.5) is 11.8 Å². The fraction of sp³-hybridized carbons (Fsp3) is 0.286. The molecule has 0 aliphatic carbocycles. The smallest absolute Gasteiger partial charge is 0.227 e. The van der Waals surface area contributed by atoms with Crippen LogP contribution in [0.25, 0.3) is 0 Å². The van der Waals surface area contributed by atoms with Crippen molar-refractivity contribution in [1.82, 2.24) is 9.97 Å². The number of nitrogens with two attached hydrogens (primary N) is 1. The van der Waals surface area contributed by atoms with Crippen LogP contribution in [0.1, 0.15) is 18.2 Å². The first-order valence-electron chi connectivity index (χ1n) is 6.32. The molecule has 0 bridgehead atoms. The van der Waals surface area contributed by atoms with Gasteiger partial charge >= 0.3 is 0 Å². The lowest BCUT2D eigenvalue weighted by Gasteiger charge is -2.18. The van der Waals surface area contributed by atoms with Crippen molar-refractivity contribution >= 4 is 11.8 Å². The first-order valence-corrected chi connectivity index (χ1v) is 6.32. The average Bonchev–Trinajstić information content (AvgIpc) is 2.47. The second kappa shape index (κ2) is 6.15. The van der Waals surface area contributed by atoms with Gasteiger partial charge in [-0.05, 0) is 12.0 Å². The van der Waals surface area contributed by atoms with E-state index in [2.05, 4.69) is 34.5 Å². The van der Waals surface area contributed by atoms with Crippen molar-refractivity contribution in [2.24, 2.45) is 5.84 Å². The number of nitrogens with one attached hydrogen (secondary N) is 1. The largest absolute Gasteiger partial charge is 0.339 e. The van der Waals surface area contributed by atoms with Crippen LogP contribution >= 0.6 is 0 Å². The van der Waals surface area contributed by atoms with Gasteiger partial charge in [-0.3, -0.25) is 0 Å². The van der Waals surface area contributed by atoms with Crippen molar-refractivity contribution in [2.75, 3.05) is 17.4 Å². The second-order valence-electron chi connectivity index (χ2n) is 4.38. The van der Waals surface area contributed by atoms with Crippen molar-refractivity contribution in [2.45, 2.75) is 19.9 Å². The van der Waals surface area contributed by atoms with E-state index in [4.69, 9.17) is 5.84 Å². The Morgan fingerprint density at radius 3 is 2.58 bits per heavy atom. The Morgan fingerprint density at radius 1 is 1.21 bits per heavy atom. The van der Waals surface area contributed by atoms with E-state index in [1.165, 1.54) is 5.56 Å². The summed E-state index contributed by atoms with van der Waals surface area (Å²) in [5.41, 5.74) is 4.77. The summed E-state index contributed by atoms with van der Waals surface area (Å²) in [6, 6.07) is 12.1. The maximum atomic E-state index is 5.44. The second-order valence-corrected chi connectivity index (χ2v) is 4.38. The standard InChI is InChI=1S/C14H19N5/c1-3-12-9-13(18-15)17-14(16-12)19(2)10-11-7-5-4-6-8-11/h4-9H,3,10,15H2,1-2H3,(H,16,17,18). The van der Waals surface area contributed by atoms with Crippen molar-refractivity contribution in [3.05, 3.63) is 47.7 Å². The number of benzene rings is 1. The highest BCUT2D eigenvalue weighted by atomic mass is 15.3. The number of hydrogen-bond donors (Lipinski definition) is 2. The summed E-state index contributed by atoms with van der Waals surface area (Å²) in [6.07, 6.45) is 0.851. The summed E-state index contributed by atoms with van der Waals surface area (Å²) in [6.45, 7) is 2.82. The quantitative estimate of drug-likeness (QED) is 0.633. The van der Waals surface area contributed by atoms with E-state index in [-0.39, 0.29) is 0 Å². The van der Waals surface area contributed by atoms with Crippen LogP contribution in [-0.4, -0.2) is 17.0 Å². The summed E-state index contributed by atoms with van der Waals surface area (Å²) in [5.74, 6) is 6.75. The van der Waals surface area contributed by atoms with Gasteiger partial charge in [0.1, 0.15) is 5.82 Å². The number of anilines is 2. The van der Waals surface area contributed by atoms with Crippen LogP contribution in [0.15, 0.2) is 36.4 Å². The molecule has 0 spiro atoms. The van der Waals surface area contributed by atoms with Crippen LogP contribution in [0.5, 0.6) is 0 Å². The van der Waals surface area contributed by atoms with Crippen molar-refractivity contribution in [3.63, 3.8) is 0 Å². The summed E-state index contributed by atoms with van der Waals surface area (Å²) >= 11 is 0. The Balaban J connectivity index is 2.20. The fourth-order valence-corrected chi connectivity index (χ4v) is 1.84. The summed E-state index contributed by atoms with van der Waals surface area (Å²) in [7, 11) is 1.97. The highest BCUT2D eigenvalue weighted by molar-refractivity contribution is 5.43. The van der Waals surface area contributed by atoms with Crippen molar-refractivity contribution in [3.8, 4) is 0 Å². The third kappa shape index (κ3) is 3.42. The van der Waals surface area contributed by atoms with Gasteiger partial charge in [0, 0.05) is 25.4 Å². The molecule has 0 unspecified atom stereocenters. The molecule has 0 amide bonds. The summed E-state index contributed by atoms with van der Waals surface area (Å²) < 4.78 is 0. The summed E-state index contributed by atoms with van der Waals surface area (Å²) in [4.78, 5) is 10.9. The highest BCUT2D eigenvalue weighted by Crippen LogP contribution is 2.15. The van der Waals surface area contributed by atoms with Crippen LogP contribution in [0.3, 0.4) is 0 Å². The van der Waals surface area contributed by atoms with E-state index < -0.39 is 0 Å². The van der Waals surface area contributed by atoms with Gasteiger partial charge in [-0.15, -0.1) is 0 Å². The van der Waals surface area contributed by atoms with Gasteiger partial charge in [0.2, 0.25) is 5.95 Å².